The van der Waals surface area contributed by atoms with Gasteiger partial charge in [0.25, 0.3) is 0 Å². The van der Waals surface area contributed by atoms with Gasteiger partial charge in [-0.3, -0.25) is 0 Å². The Morgan fingerprint density at radius 3 is 2.50 bits per heavy atom. The van der Waals surface area contributed by atoms with Crippen LogP contribution in [-0.2, 0) is 12.1 Å². The Balaban J connectivity index is 1.71. The van der Waals surface area contributed by atoms with Crippen LogP contribution in [0.1, 0.15) is 31.7 Å². The number of benzene rings is 2. The molecule has 1 heterocycles. The van der Waals surface area contributed by atoms with Crippen LogP contribution in [0, 0.1) is 6.92 Å². The first-order chi connectivity index (χ1) is 11.4. The van der Waals surface area contributed by atoms with Crippen LogP contribution in [0.25, 0.3) is 11.0 Å². The van der Waals surface area contributed by atoms with Crippen molar-refractivity contribution in [3.8, 4) is 5.75 Å². The summed E-state index contributed by atoms with van der Waals surface area (Å²) in [6.07, 6.45) is 0.845. The molecule has 0 saturated heterocycles. The molecule has 1 aromatic heterocycles. The number of aromatic nitrogens is 2. The minimum Gasteiger partial charge on any atom is -0.494 e. The number of nitrogens with zero attached hydrogens (tertiary/aromatic N) is 2. The first-order valence-corrected chi connectivity index (χ1v) is 8.33. The van der Waals surface area contributed by atoms with Gasteiger partial charge in [0.15, 0.2) is 0 Å². The van der Waals surface area contributed by atoms with Crippen molar-refractivity contribution in [1.29, 1.82) is 0 Å². The molecule has 126 valence electrons. The minimum absolute atomic E-state index is 0.626. The van der Waals surface area contributed by atoms with Gasteiger partial charge in [-0.1, -0.05) is 29.8 Å². The number of aryl methyl sites for hydroxylation is 2. The zero-order valence-corrected chi connectivity index (χ0v) is 14.5. The van der Waals surface area contributed by atoms with Gasteiger partial charge in [-0.05, 0) is 51.5 Å². The molecule has 0 atom stereocenters. The Bertz CT molecular complexity index is 814. The number of ether oxygens (including phenoxy) is 1. The van der Waals surface area contributed by atoms with Gasteiger partial charge < -0.3 is 14.4 Å². The predicted octanol–water partition coefficient (Wildman–Crippen LogP) is 4.04. The number of rotatable bonds is 6. The van der Waals surface area contributed by atoms with Crippen molar-refractivity contribution in [3.05, 3.63) is 59.9 Å². The third-order valence-electron chi connectivity index (χ3n) is 4.02. The second kappa shape index (κ2) is 6.65. The molecule has 0 radical (unpaired) electrons. The lowest BCUT2D eigenvalue weighted by Gasteiger charge is -2.19. The summed E-state index contributed by atoms with van der Waals surface area (Å²) in [5, 5.41) is 10.4. The smallest absolute Gasteiger partial charge is 0.141 e. The number of para-hydroxylation sites is 2. The molecule has 0 saturated carbocycles. The second-order valence-corrected chi connectivity index (χ2v) is 6.65. The molecule has 1 N–H and O–H groups in total. The zero-order chi connectivity index (χ0) is 17.2. The summed E-state index contributed by atoms with van der Waals surface area (Å²) in [6.45, 7) is 6.99. The SMILES string of the molecule is Cc1ccc(OCCCn2c(C(C)(C)O)nc3ccccc32)cc1. The van der Waals surface area contributed by atoms with Crippen molar-refractivity contribution in [2.75, 3.05) is 6.61 Å². The van der Waals surface area contributed by atoms with Crippen LogP contribution in [0.2, 0.25) is 0 Å². The van der Waals surface area contributed by atoms with E-state index in [-0.39, 0.29) is 0 Å². The average molecular weight is 324 g/mol. The van der Waals surface area contributed by atoms with E-state index >= 15 is 0 Å². The van der Waals surface area contributed by atoms with Crippen molar-refractivity contribution in [2.24, 2.45) is 0 Å². The summed E-state index contributed by atoms with van der Waals surface area (Å²) in [4.78, 5) is 4.60. The first kappa shape index (κ1) is 16.5. The average Bonchev–Trinajstić information content (AvgIpc) is 2.92. The Morgan fingerprint density at radius 1 is 1.08 bits per heavy atom. The second-order valence-electron chi connectivity index (χ2n) is 6.65. The van der Waals surface area contributed by atoms with Crippen LogP contribution in [0.3, 0.4) is 0 Å². The van der Waals surface area contributed by atoms with E-state index in [1.54, 1.807) is 13.8 Å². The molecule has 0 spiro atoms. The van der Waals surface area contributed by atoms with Crippen LogP contribution < -0.4 is 4.74 Å². The first-order valence-electron chi connectivity index (χ1n) is 8.33. The van der Waals surface area contributed by atoms with E-state index in [1.807, 2.05) is 48.5 Å². The van der Waals surface area contributed by atoms with E-state index in [4.69, 9.17) is 4.74 Å². The van der Waals surface area contributed by atoms with Gasteiger partial charge in [-0.25, -0.2) is 4.98 Å². The molecule has 4 nitrogen and oxygen atoms in total. The molecule has 3 rings (SSSR count). The molecule has 3 aromatic rings. The molecule has 0 bridgehead atoms. The van der Waals surface area contributed by atoms with Gasteiger partial charge in [-0.2, -0.15) is 0 Å². The van der Waals surface area contributed by atoms with Crippen molar-refractivity contribution in [3.63, 3.8) is 0 Å². The lowest BCUT2D eigenvalue weighted by molar-refractivity contribution is 0.0649. The quantitative estimate of drug-likeness (QED) is 0.696. The molecule has 24 heavy (non-hydrogen) atoms. The number of hydrogen-bond donors (Lipinski definition) is 1. The predicted molar refractivity (Wildman–Crippen MR) is 96.3 cm³/mol. The number of fused-ring (bicyclic) bond motifs is 1. The molecule has 0 unspecified atom stereocenters. The fourth-order valence-electron chi connectivity index (χ4n) is 2.82. The summed E-state index contributed by atoms with van der Waals surface area (Å²) in [5.74, 6) is 1.58. The maximum absolute atomic E-state index is 10.4. The van der Waals surface area contributed by atoms with E-state index in [0.29, 0.717) is 12.4 Å². The van der Waals surface area contributed by atoms with Crippen molar-refractivity contribution < 1.29 is 9.84 Å². The molecular formula is C20H24N2O2. The standard InChI is InChI=1S/C20H24N2O2/c1-15-9-11-16(12-10-15)24-14-6-13-22-18-8-5-4-7-17(18)21-19(22)20(2,3)23/h4-5,7-12,23H,6,13-14H2,1-3H3. The van der Waals surface area contributed by atoms with Gasteiger partial charge in [-0.15, -0.1) is 0 Å². The summed E-state index contributed by atoms with van der Waals surface area (Å²) in [7, 11) is 0. The van der Waals surface area contributed by atoms with Crippen LogP contribution >= 0.6 is 0 Å². The van der Waals surface area contributed by atoms with Crippen LogP contribution in [-0.4, -0.2) is 21.3 Å². The Morgan fingerprint density at radius 2 is 1.79 bits per heavy atom. The maximum Gasteiger partial charge on any atom is 0.141 e. The van der Waals surface area contributed by atoms with Gasteiger partial charge in [0.1, 0.15) is 17.2 Å². The molecular weight excluding hydrogens is 300 g/mol. The minimum atomic E-state index is -0.975. The van der Waals surface area contributed by atoms with Gasteiger partial charge in [0.05, 0.1) is 17.6 Å². The van der Waals surface area contributed by atoms with E-state index in [0.717, 1.165) is 29.7 Å². The molecule has 4 heteroatoms. The van der Waals surface area contributed by atoms with Gasteiger partial charge in [0.2, 0.25) is 0 Å². The molecule has 0 aliphatic heterocycles. The molecule has 0 aliphatic rings. The monoisotopic (exact) mass is 324 g/mol. The zero-order valence-electron chi connectivity index (χ0n) is 14.5. The third kappa shape index (κ3) is 3.60. The van der Waals surface area contributed by atoms with Gasteiger partial charge >= 0.3 is 0 Å². The Labute approximate surface area is 142 Å². The highest BCUT2D eigenvalue weighted by atomic mass is 16.5. The van der Waals surface area contributed by atoms with E-state index in [1.165, 1.54) is 5.56 Å². The third-order valence-corrected chi connectivity index (χ3v) is 4.02. The lowest BCUT2D eigenvalue weighted by Crippen LogP contribution is -2.22. The fourth-order valence-corrected chi connectivity index (χ4v) is 2.82. The summed E-state index contributed by atoms with van der Waals surface area (Å²) in [5.41, 5.74) is 2.21. The van der Waals surface area contributed by atoms with Crippen molar-refractivity contribution >= 4 is 11.0 Å². The van der Waals surface area contributed by atoms with E-state index in [9.17, 15) is 5.11 Å². The van der Waals surface area contributed by atoms with Gasteiger partial charge in [0, 0.05) is 6.54 Å². The number of hydrogen-bond acceptors (Lipinski definition) is 3. The van der Waals surface area contributed by atoms with Crippen LogP contribution in [0.4, 0.5) is 0 Å². The molecule has 2 aromatic carbocycles. The summed E-state index contributed by atoms with van der Waals surface area (Å²) < 4.78 is 7.89. The topological polar surface area (TPSA) is 47.3 Å². The fraction of sp³-hybridized carbons (Fsp3) is 0.350. The summed E-state index contributed by atoms with van der Waals surface area (Å²) >= 11 is 0. The molecule has 0 amide bonds. The van der Waals surface area contributed by atoms with Crippen LogP contribution in [0.5, 0.6) is 5.75 Å². The molecule has 0 fully saturated rings. The van der Waals surface area contributed by atoms with E-state index < -0.39 is 5.60 Å². The molecule has 0 aliphatic carbocycles. The lowest BCUT2D eigenvalue weighted by atomic mass is 10.1. The van der Waals surface area contributed by atoms with Crippen molar-refractivity contribution in [2.45, 2.75) is 39.3 Å². The highest BCUT2D eigenvalue weighted by molar-refractivity contribution is 5.76. The maximum atomic E-state index is 10.4. The number of aliphatic hydroxyl groups is 1. The number of imidazole rings is 1. The normalized spacial score (nSPS) is 11.8. The summed E-state index contributed by atoms with van der Waals surface area (Å²) in [6, 6.07) is 16.1. The highest BCUT2D eigenvalue weighted by Crippen LogP contribution is 2.25. The van der Waals surface area contributed by atoms with E-state index in [2.05, 4.69) is 16.5 Å². The largest absolute Gasteiger partial charge is 0.494 e. The Kier molecular flexibility index (Phi) is 4.58. The highest BCUT2D eigenvalue weighted by Gasteiger charge is 2.24. The van der Waals surface area contributed by atoms with Crippen molar-refractivity contribution in [1.82, 2.24) is 9.55 Å². The Hall–Kier alpha value is -2.33. The van der Waals surface area contributed by atoms with Crippen LogP contribution in [0.15, 0.2) is 48.5 Å².